The molecule has 1 atom stereocenters. The Morgan fingerprint density at radius 2 is 1.94 bits per heavy atom. The number of H-pyrrole nitrogens is 1. The van der Waals surface area contributed by atoms with Gasteiger partial charge in [-0.3, -0.25) is 14.4 Å². The van der Waals surface area contributed by atoms with Crippen LogP contribution >= 0.6 is 0 Å². The van der Waals surface area contributed by atoms with Gasteiger partial charge in [-0.1, -0.05) is 18.2 Å². The van der Waals surface area contributed by atoms with E-state index in [9.17, 15) is 18.8 Å². The van der Waals surface area contributed by atoms with Crippen LogP contribution in [0.4, 0.5) is 4.39 Å². The Morgan fingerprint density at radius 3 is 2.72 bits per heavy atom. The zero-order valence-electron chi connectivity index (χ0n) is 18.0. The zero-order chi connectivity index (χ0) is 22.2. The predicted molar refractivity (Wildman–Crippen MR) is 115 cm³/mol. The van der Waals surface area contributed by atoms with Gasteiger partial charge in [0.05, 0.1) is 30.3 Å². The lowest BCUT2D eigenvalue weighted by Gasteiger charge is -2.36. The number of carbonyl (C=O) groups is 2. The lowest BCUT2D eigenvalue weighted by atomic mass is 9.99. The average molecular weight is 439 g/mol. The van der Waals surface area contributed by atoms with E-state index in [1.165, 1.54) is 6.07 Å². The summed E-state index contributed by atoms with van der Waals surface area (Å²) >= 11 is 0. The Bertz CT molecular complexity index is 1110. The number of fused-ring (bicyclic) bond motifs is 1. The molecule has 1 aromatic heterocycles. The molecule has 32 heavy (non-hydrogen) atoms. The highest BCUT2D eigenvalue weighted by Gasteiger charge is 2.36. The largest absolute Gasteiger partial charge is 0.337 e. The Kier molecular flexibility index (Phi) is 5.53. The van der Waals surface area contributed by atoms with E-state index >= 15 is 0 Å². The summed E-state index contributed by atoms with van der Waals surface area (Å²) in [5.74, 6) is 0.203. The topological polar surface area (TPSA) is 86.4 Å². The summed E-state index contributed by atoms with van der Waals surface area (Å²) in [5, 5.41) is 0. The normalized spacial score (nSPS) is 20.7. The third kappa shape index (κ3) is 4.06. The highest BCUT2D eigenvalue weighted by Crippen LogP contribution is 2.33. The number of aromatic nitrogens is 2. The number of benzene rings is 1. The number of hydrogen-bond acceptors (Lipinski definition) is 4. The van der Waals surface area contributed by atoms with Gasteiger partial charge in [0.25, 0.3) is 5.56 Å². The van der Waals surface area contributed by atoms with Gasteiger partial charge in [0.1, 0.15) is 11.6 Å². The van der Waals surface area contributed by atoms with Gasteiger partial charge >= 0.3 is 0 Å². The molecule has 3 aliphatic rings. The molecule has 0 spiro atoms. The van der Waals surface area contributed by atoms with Crippen LogP contribution in [0.5, 0.6) is 0 Å². The number of halogens is 1. The molecule has 8 heteroatoms. The van der Waals surface area contributed by atoms with E-state index in [1.54, 1.807) is 28.0 Å². The van der Waals surface area contributed by atoms with Gasteiger partial charge in [0.15, 0.2) is 0 Å². The second-order valence-corrected chi connectivity index (χ2v) is 9.03. The minimum absolute atomic E-state index is 0.0173. The molecule has 2 fully saturated rings. The lowest BCUT2D eigenvalue weighted by molar-refractivity contribution is -0.135. The first-order chi connectivity index (χ1) is 15.5. The third-order valence-corrected chi connectivity index (χ3v) is 6.76. The summed E-state index contributed by atoms with van der Waals surface area (Å²) in [6.45, 7) is 1.43. The van der Waals surface area contributed by atoms with Crippen molar-refractivity contribution in [3.05, 3.63) is 63.1 Å². The second-order valence-electron chi connectivity index (χ2n) is 9.03. The van der Waals surface area contributed by atoms with Crippen molar-refractivity contribution in [2.45, 2.75) is 57.5 Å². The Hall–Kier alpha value is -3.03. The van der Waals surface area contributed by atoms with Crippen LogP contribution in [0.1, 0.15) is 60.8 Å². The molecule has 0 bridgehead atoms. The summed E-state index contributed by atoms with van der Waals surface area (Å²) in [4.78, 5) is 49.5. The Labute approximate surface area is 185 Å². The minimum atomic E-state index is -0.389. The molecule has 1 aliphatic carbocycles. The SMILES string of the molecule is O=C(C1CC1)N1CCc2nc(C3CCCCN3C(=O)Cc3ccccc3F)[nH]c(=O)c2C1. The van der Waals surface area contributed by atoms with Crippen molar-refractivity contribution in [2.75, 3.05) is 13.1 Å². The molecule has 3 heterocycles. The standard InChI is InChI=1S/C24H27FN4O3/c25-18-6-2-1-5-16(18)13-21(30)29-11-4-3-7-20(29)22-26-19-10-12-28(24(32)15-8-9-15)14-17(19)23(31)27-22/h1-2,5-6,15,20H,3-4,7-14H2,(H,26,27,31). The van der Waals surface area contributed by atoms with Crippen LogP contribution < -0.4 is 5.56 Å². The molecule has 1 saturated heterocycles. The molecule has 2 aliphatic heterocycles. The summed E-state index contributed by atoms with van der Waals surface area (Å²) in [7, 11) is 0. The predicted octanol–water partition coefficient (Wildman–Crippen LogP) is 2.50. The van der Waals surface area contributed by atoms with Crippen LogP contribution in [0, 0.1) is 11.7 Å². The molecule has 1 saturated carbocycles. The van der Waals surface area contributed by atoms with Crippen LogP contribution in [-0.4, -0.2) is 44.7 Å². The number of likely N-dealkylation sites (tertiary alicyclic amines) is 1. The molecule has 1 unspecified atom stereocenters. The van der Waals surface area contributed by atoms with E-state index in [-0.39, 0.29) is 41.6 Å². The molecule has 1 N–H and O–H groups in total. The van der Waals surface area contributed by atoms with Gasteiger partial charge in [-0.15, -0.1) is 0 Å². The van der Waals surface area contributed by atoms with Gasteiger partial charge in [-0.05, 0) is 43.7 Å². The van der Waals surface area contributed by atoms with Gasteiger partial charge in [-0.25, -0.2) is 9.37 Å². The summed E-state index contributed by atoms with van der Waals surface area (Å²) < 4.78 is 14.1. The number of amides is 2. The van der Waals surface area contributed by atoms with Crippen molar-refractivity contribution >= 4 is 11.8 Å². The Balaban J connectivity index is 1.37. The van der Waals surface area contributed by atoms with E-state index in [0.29, 0.717) is 49.4 Å². The summed E-state index contributed by atoms with van der Waals surface area (Å²) in [5.41, 5.74) is 1.41. The second kappa shape index (κ2) is 8.48. The summed E-state index contributed by atoms with van der Waals surface area (Å²) in [6.07, 6.45) is 4.90. The quantitative estimate of drug-likeness (QED) is 0.795. The minimum Gasteiger partial charge on any atom is -0.337 e. The van der Waals surface area contributed by atoms with Crippen molar-refractivity contribution in [3.63, 3.8) is 0 Å². The lowest BCUT2D eigenvalue weighted by Crippen LogP contribution is -2.43. The molecular formula is C24H27FN4O3. The highest BCUT2D eigenvalue weighted by atomic mass is 19.1. The Morgan fingerprint density at radius 1 is 1.12 bits per heavy atom. The maximum absolute atomic E-state index is 14.1. The van der Waals surface area contributed by atoms with Crippen molar-refractivity contribution in [2.24, 2.45) is 5.92 Å². The van der Waals surface area contributed by atoms with Crippen LogP contribution in [0.2, 0.25) is 0 Å². The van der Waals surface area contributed by atoms with Crippen LogP contribution in [0.3, 0.4) is 0 Å². The molecule has 2 aromatic rings. The third-order valence-electron chi connectivity index (χ3n) is 6.76. The fourth-order valence-corrected chi connectivity index (χ4v) is 4.80. The first-order valence-electron chi connectivity index (χ1n) is 11.4. The number of carbonyl (C=O) groups excluding carboxylic acids is 2. The van der Waals surface area contributed by atoms with E-state index in [2.05, 4.69) is 4.98 Å². The van der Waals surface area contributed by atoms with Crippen LogP contribution in [0.25, 0.3) is 0 Å². The number of hydrogen-bond donors (Lipinski definition) is 1. The maximum Gasteiger partial charge on any atom is 0.256 e. The highest BCUT2D eigenvalue weighted by molar-refractivity contribution is 5.81. The van der Waals surface area contributed by atoms with E-state index in [1.807, 2.05) is 0 Å². The molecular weight excluding hydrogens is 411 g/mol. The van der Waals surface area contributed by atoms with Gasteiger partial charge < -0.3 is 14.8 Å². The summed E-state index contributed by atoms with van der Waals surface area (Å²) in [6, 6.07) is 5.98. The number of nitrogens with zero attached hydrogens (tertiary/aromatic N) is 3. The number of aromatic amines is 1. The molecule has 168 valence electrons. The first kappa shape index (κ1) is 20.8. The van der Waals surface area contributed by atoms with Crippen LogP contribution in [0.15, 0.2) is 29.1 Å². The van der Waals surface area contributed by atoms with Crippen LogP contribution in [-0.2, 0) is 29.0 Å². The van der Waals surface area contributed by atoms with Crippen molar-refractivity contribution < 1.29 is 14.0 Å². The van der Waals surface area contributed by atoms with Crippen molar-refractivity contribution in [1.82, 2.24) is 19.8 Å². The van der Waals surface area contributed by atoms with Gasteiger partial charge in [0, 0.05) is 25.4 Å². The van der Waals surface area contributed by atoms with Gasteiger partial charge in [-0.2, -0.15) is 0 Å². The van der Waals surface area contributed by atoms with Crippen molar-refractivity contribution in [1.29, 1.82) is 0 Å². The first-order valence-corrected chi connectivity index (χ1v) is 11.4. The number of nitrogens with one attached hydrogen (secondary N) is 1. The average Bonchev–Trinajstić information content (AvgIpc) is 3.65. The monoisotopic (exact) mass is 438 g/mol. The number of rotatable bonds is 4. The molecule has 0 radical (unpaired) electrons. The van der Waals surface area contributed by atoms with Gasteiger partial charge in [0.2, 0.25) is 11.8 Å². The molecule has 7 nitrogen and oxygen atoms in total. The molecule has 2 amide bonds. The van der Waals surface area contributed by atoms with Crippen molar-refractivity contribution in [3.8, 4) is 0 Å². The molecule has 5 rings (SSSR count). The fourth-order valence-electron chi connectivity index (χ4n) is 4.80. The van der Waals surface area contributed by atoms with E-state index in [0.717, 1.165) is 31.4 Å². The van der Waals surface area contributed by atoms with E-state index < -0.39 is 0 Å². The zero-order valence-corrected chi connectivity index (χ0v) is 18.0. The molecule has 1 aromatic carbocycles. The number of piperidine rings is 1. The van der Waals surface area contributed by atoms with E-state index in [4.69, 9.17) is 4.98 Å². The smallest absolute Gasteiger partial charge is 0.256 e. The fraction of sp³-hybridized carbons (Fsp3) is 0.500. The maximum atomic E-state index is 14.1.